The lowest BCUT2D eigenvalue weighted by Gasteiger charge is -2.33. The van der Waals surface area contributed by atoms with Gasteiger partial charge in [0.2, 0.25) is 6.04 Å². The molecule has 0 aliphatic carbocycles. The van der Waals surface area contributed by atoms with Gasteiger partial charge in [0.05, 0.1) is 12.2 Å². The number of anilines is 2. The van der Waals surface area contributed by atoms with Crippen molar-refractivity contribution in [2.45, 2.75) is 12.1 Å². The summed E-state index contributed by atoms with van der Waals surface area (Å²) in [5.74, 6) is -2.70. The van der Waals surface area contributed by atoms with E-state index in [0.717, 1.165) is 0 Å². The van der Waals surface area contributed by atoms with Crippen LogP contribution in [0.5, 0.6) is 0 Å². The third kappa shape index (κ3) is 4.73. The molecule has 1 heterocycles. The van der Waals surface area contributed by atoms with Crippen molar-refractivity contribution in [3.63, 3.8) is 0 Å². The molecule has 2 aromatic rings. The van der Waals surface area contributed by atoms with E-state index in [1.165, 1.54) is 53.4 Å². The Morgan fingerprint density at radius 2 is 1.77 bits per heavy atom. The molecule has 1 saturated heterocycles. The molecule has 1 aliphatic rings. The summed E-state index contributed by atoms with van der Waals surface area (Å²) in [6, 6.07) is 10.0. The van der Waals surface area contributed by atoms with Gasteiger partial charge in [-0.1, -0.05) is 5.18 Å². The maximum Gasteiger partial charge on any atom is 0.335 e. The van der Waals surface area contributed by atoms with Crippen LogP contribution < -0.4 is 16.0 Å². The topological polar surface area (TPSA) is 175 Å². The van der Waals surface area contributed by atoms with Gasteiger partial charge in [-0.15, -0.1) is 4.91 Å². The van der Waals surface area contributed by atoms with Crippen molar-refractivity contribution in [2.75, 3.05) is 23.4 Å². The Bertz CT molecular complexity index is 1020. The monoisotopic (exact) mass is 425 g/mol. The molecule has 0 spiro atoms. The molecule has 31 heavy (non-hydrogen) atoms. The number of nitrogens with one attached hydrogen (secondary N) is 2. The highest BCUT2D eigenvalue weighted by Crippen LogP contribution is 2.23. The van der Waals surface area contributed by atoms with Crippen LogP contribution in [0.15, 0.2) is 53.7 Å². The first kappa shape index (κ1) is 21.6. The Morgan fingerprint density at radius 1 is 1.16 bits per heavy atom. The first-order chi connectivity index (χ1) is 14.8. The van der Waals surface area contributed by atoms with Crippen molar-refractivity contribution < 1.29 is 24.2 Å². The average Bonchev–Trinajstić information content (AvgIpc) is 2.76. The van der Waals surface area contributed by atoms with Gasteiger partial charge in [-0.05, 0) is 48.5 Å². The SMILES string of the molecule is N=C(N)c1ccc(NC(=O)[C@H](N=O)[C@H]2OCCN(c3ccc(C(=O)O)cc3)C2=O)cc1. The highest BCUT2D eigenvalue weighted by atomic mass is 16.5. The predicted octanol–water partition coefficient (Wildman–Crippen LogP) is 1.17. The molecule has 1 aliphatic heterocycles. The number of carboxylic acids is 1. The van der Waals surface area contributed by atoms with Gasteiger partial charge >= 0.3 is 5.97 Å². The molecule has 11 heteroatoms. The zero-order valence-electron chi connectivity index (χ0n) is 16.1. The molecule has 0 saturated carbocycles. The number of carbonyl (C=O) groups is 3. The number of aromatic carboxylic acids is 1. The van der Waals surface area contributed by atoms with Crippen LogP contribution in [-0.2, 0) is 14.3 Å². The fourth-order valence-corrected chi connectivity index (χ4v) is 3.06. The number of nitroso groups, excluding NO2 is 1. The number of ether oxygens (including phenoxy) is 1. The number of hydrogen-bond acceptors (Lipinski definition) is 7. The molecule has 0 unspecified atom stereocenters. The van der Waals surface area contributed by atoms with Crippen molar-refractivity contribution in [3.05, 3.63) is 64.6 Å². The lowest BCUT2D eigenvalue weighted by atomic mass is 10.1. The van der Waals surface area contributed by atoms with E-state index in [2.05, 4.69) is 10.5 Å². The van der Waals surface area contributed by atoms with Gasteiger partial charge < -0.3 is 25.8 Å². The van der Waals surface area contributed by atoms with Crippen molar-refractivity contribution in [2.24, 2.45) is 10.9 Å². The number of nitrogen functional groups attached to an aromatic ring is 1. The number of amidine groups is 1. The lowest BCUT2D eigenvalue weighted by molar-refractivity contribution is -0.139. The van der Waals surface area contributed by atoms with Crippen LogP contribution in [0.1, 0.15) is 15.9 Å². The summed E-state index contributed by atoms with van der Waals surface area (Å²) >= 11 is 0. The van der Waals surface area contributed by atoms with Crippen molar-refractivity contribution in [1.29, 1.82) is 5.41 Å². The maximum absolute atomic E-state index is 12.9. The first-order valence-corrected chi connectivity index (χ1v) is 9.16. The van der Waals surface area contributed by atoms with Crippen molar-refractivity contribution >= 4 is 35.0 Å². The summed E-state index contributed by atoms with van der Waals surface area (Å²) in [6.07, 6.45) is -1.43. The minimum Gasteiger partial charge on any atom is -0.478 e. The van der Waals surface area contributed by atoms with Crippen molar-refractivity contribution in [1.82, 2.24) is 0 Å². The Morgan fingerprint density at radius 3 is 2.32 bits per heavy atom. The molecule has 11 nitrogen and oxygen atoms in total. The van der Waals surface area contributed by atoms with Gasteiger partial charge in [-0.25, -0.2) is 4.79 Å². The van der Waals surface area contributed by atoms with Gasteiger partial charge in [0, 0.05) is 23.5 Å². The zero-order valence-corrected chi connectivity index (χ0v) is 16.1. The third-order valence-corrected chi connectivity index (χ3v) is 4.68. The summed E-state index contributed by atoms with van der Waals surface area (Å²) < 4.78 is 5.38. The van der Waals surface area contributed by atoms with Gasteiger partial charge in [-0.3, -0.25) is 15.0 Å². The van der Waals surface area contributed by atoms with Crippen LogP contribution in [0.2, 0.25) is 0 Å². The van der Waals surface area contributed by atoms with E-state index >= 15 is 0 Å². The summed E-state index contributed by atoms with van der Waals surface area (Å²) in [5, 5.41) is 21.7. The second-order valence-corrected chi connectivity index (χ2v) is 6.66. The Labute approximate surface area is 176 Å². The Kier molecular flexibility index (Phi) is 6.36. The molecule has 5 N–H and O–H groups in total. The normalized spacial score (nSPS) is 17.0. The summed E-state index contributed by atoms with van der Waals surface area (Å²) in [6.45, 7) is 0.227. The molecule has 0 bridgehead atoms. The highest BCUT2D eigenvalue weighted by Gasteiger charge is 2.41. The standard InChI is InChI=1S/C20H19N5O6/c21-17(22)11-1-5-13(6-2-11)23-18(26)15(24-30)16-19(27)25(9-10-31-16)14-7-3-12(4-8-14)20(28)29/h1-8,15-16H,9-10H2,(H3,21,22)(H,23,26)(H,28,29)/t15-,16-/m1/s1. The molecule has 2 atom stereocenters. The molecule has 0 radical (unpaired) electrons. The highest BCUT2D eigenvalue weighted by molar-refractivity contribution is 6.05. The van der Waals surface area contributed by atoms with Crippen LogP contribution in [0.4, 0.5) is 11.4 Å². The van der Waals surface area contributed by atoms with Crippen LogP contribution in [0.3, 0.4) is 0 Å². The van der Waals surface area contributed by atoms with Crippen LogP contribution in [-0.4, -0.2) is 54.0 Å². The molecular weight excluding hydrogens is 406 g/mol. The fourth-order valence-electron chi connectivity index (χ4n) is 3.06. The molecular formula is C20H19N5O6. The third-order valence-electron chi connectivity index (χ3n) is 4.68. The van der Waals surface area contributed by atoms with E-state index in [0.29, 0.717) is 16.9 Å². The van der Waals surface area contributed by atoms with Gasteiger partial charge in [0.15, 0.2) is 6.10 Å². The number of morpholine rings is 1. The Balaban J connectivity index is 1.74. The van der Waals surface area contributed by atoms with E-state index in [-0.39, 0.29) is 24.6 Å². The number of carbonyl (C=O) groups excluding carboxylic acids is 2. The van der Waals surface area contributed by atoms with Gasteiger partial charge in [0.1, 0.15) is 5.84 Å². The second-order valence-electron chi connectivity index (χ2n) is 6.66. The number of hydrogen-bond donors (Lipinski definition) is 4. The lowest BCUT2D eigenvalue weighted by Crippen LogP contribution is -2.54. The molecule has 2 aromatic carbocycles. The largest absolute Gasteiger partial charge is 0.478 e. The molecule has 2 amide bonds. The quantitative estimate of drug-likeness (QED) is 0.292. The predicted molar refractivity (Wildman–Crippen MR) is 111 cm³/mol. The minimum absolute atomic E-state index is 0.0589. The average molecular weight is 425 g/mol. The second kappa shape index (κ2) is 9.13. The summed E-state index contributed by atoms with van der Waals surface area (Å²) in [5.41, 5.74) is 6.64. The van der Waals surface area contributed by atoms with Gasteiger partial charge in [-0.2, -0.15) is 0 Å². The summed E-state index contributed by atoms with van der Waals surface area (Å²) in [4.78, 5) is 49.2. The first-order valence-electron chi connectivity index (χ1n) is 9.16. The zero-order chi connectivity index (χ0) is 22.5. The maximum atomic E-state index is 12.9. The number of nitrogens with zero attached hydrogens (tertiary/aromatic N) is 2. The van der Waals surface area contributed by atoms with Crippen LogP contribution >= 0.6 is 0 Å². The smallest absolute Gasteiger partial charge is 0.335 e. The van der Waals surface area contributed by atoms with E-state index in [1.807, 2.05) is 0 Å². The van der Waals surface area contributed by atoms with E-state index < -0.39 is 29.9 Å². The number of amides is 2. The number of carboxylic acid groups (broad SMARTS) is 1. The molecule has 1 fully saturated rings. The van der Waals surface area contributed by atoms with E-state index in [9.17, 15) is 19.3 Å². The molecule has 0 aromatic heterocycles. The van der Waals surface area contributed by atoms with E-state index in [1.54, 1.807) is 0 Å². The van der Waals surface area contributed by atoms with Gasteiger partial charge in [0.25, 0.3) is 11.8 Å². The van der Waals surface area contributed by atoms with Crippen molar-refractivity contribution in [3.8, 4) is 0 Å². The number of nitrogens with two attached hydrogens (primary N) is 1. The van der Waals surface area contributed by atoms with Crippen LogP contribution in [0.25, 0.3) is 0 Å². The van der Waals surface area contributed by atoms with Crippen LogP contribution in [0, 0.1) is 10.3 Å². The Hall–Kier alpha value is -4.12. The number of benzene rings is 2. The minimum atomic E-state index is -1.64. The molecule has 160 valence electrons. The fraction of sp³-hybridized carbons (Fsp3) is 0.200. The number of rotatable bonds is 7. The summed E-state index contributed by atoms with van der Waals surface area (Å²) in [7, 11) is 0. The molecule has 3 rings (SSSR count). The van der Waals surface area contributed by atoms with E-state index in [4.69, 9.17) is 21.0 Å².